The zero-order valence-electron chi connectivity index (χ0n) is 19.3. The first kappa shape index (κ1) is 22.1. The van der Waals surface area contributed by atoms with E-state index < -0.39 is 30.1 Å². The summed E-state index contributed by atoms with van der Waals surface area (Å²) in [6.07, 6.45) is 0.770. The number of carbonyl (C=O) groups is 3. The molecule has 8 heteroatoms. The number of aliphatic carboxylic acids is 1. The van der Waals surface area contributed by atoms with Crippen molar-refractivity contribution < 1.29 is 29.0 Å². The minimum Gasteiger partial charge on any atom is -0.481 e. The number of amides is 2. The van der Waals surface area contributed by atoms with Crippen molar-refractivity contribution in [2.45, 2.75) is 37.3 Å². The molecule has 4 aliphatic rings. The van der Waals surface area contributed by atoms with Gasteiger partial charge in [-0.25, -0.2) is 4.79 Å². The Kier molecular flexibility index (Phi) is 5.29. The molecule has 1 unspecified atom stereocenters. The lowest BCUT2D eigenvalue weighted by molar-refractivity contribution is -0.143. The first-order valence-corrected chi connectivity index (χ1v) is 12.2. The van der Waals surface area contributed by atoms with Gasteiger partial charge in [0.2, 0.25) is 0 Å². The fourth-order valence-corrected chi connectivity index (χ4v) is 6.10. The highest BCUT2D eigenvalue weighted by Gasteiger charge is 2.59. The van der Waals surface area contributed by atoms with Gasteiger partial charge in [0.05, 0.1) is 12.0 Å². The second kappa shape index (κ2) is 8.37. The van der Waals surface area contributed by atoms with E-state index in [2.05, 4.69) is 29.6 Å². The Labute approximate surface area is 203 Å². The summed E-state index contributed by atoms with van der Waals surface area (Å²) in [6, 6.07) is 15.8. The number of alkyl carbamates (subject to hydrolysis) is 1. The van der Waals surface area contributed by atoms with Crippen LogP contribution in [0.15, 0.2) is 48.5 Å². The maximum absolute atomic E-state index is 13.2. The molecular weight excluding hydrogens is 448 g/mol. The molecule has 2 heterocycles. The highest BCUT2D eigenvalue weighted by Crippen LogP contribution is 2.56. The monoisotopic (exact) mass is 476 g/mol. The summed E-state index contributed by atoms with van der Waals surface area (Å²) in [5.41, 5.74) is 4.30. The van der Waals surface area contributed by atoms with Crippen molar-refractivity contribution >= 4 is 18.0 Å². The molecule has 2 aromatic carbocycles. The molecule has 6 rings (SSSR count). The second-order valence-electron chi connectivity index (χ2n) is 10.1. The summed E-state index contributed by atoms with van der Waals surface area (Å²) in [5.74, 6) is -1.67. The maximum Gasteiger partial charge on any atom is 0.407 e. The largest absolute Gasteiger partial charge is 0.481 e. The average molecular weight is 477 g/mol. The van der Waals surface area contributed by atoms with E-state index in [1.165, 1.54) is 0 Å². The van der Waals surface area contributed by atoms with Crippen LogP contribution in [0.2, 0.25) is 0 Å². The zero-order valence-corrected chi connectivity index (χ0v) is 19.3. The Hall–Kier alpha value is -3.39. The van der Waals surface area contributed by atoms with Crippen molar-refractivity contribution in [1.29, 1.82) is 0 Å². The fourth-order valence-electron chi connectivity index (χ4n) is 6.10. The van der Waals surface area contributed by atoms with E-state index in [-0.39, 0.29) is 30.4 Å². The van der Waals surface area contributed by atoms with E-state index in [1.807, 2.05) is 24.3 Å². The molecule has 2 amide bonds. The first-order valence-electron chi connectivity index (χ1n) is 12.2. The van der Waals surface area contributed by atoms with Crippen LogP contribution in [0, 0.1) is 11.3 Å². The van der Waals surface area contributed by atoms with Crippen molar-refractivity contribution in [2.24, 2.45) is 11.3 Å². The van der Waals surface area contributed by atoms with Gasteiger partial charge in [0.1, 0.15) is 6.61 Å². The van der Waals surface area contributed by atoms with Crippen LogP contribution in [0.25, 0.3) is 11.1 Å². The van der Waals surface area contributed by atoms with Crippen LogP contribution in [0.5, 0.6) is 0 Å². The average Bonchev–Trinajstić information content (AvgIpc) is 3.18. The Morgan fingerprint density at radius 3 is 2.31 bits per heavy atom. The number of carboxylic acids is 1. The SMILES string of the molecule is O=C(N[C@H]1CCO[C@H]1C(=O)N1CC(C(=O)O)C2(CC2)C1)OCC1c2ccccc2-c2ccccc21. The van der Waals surface area contributed by atoms with E-state index >= 15 is 0 Å². The Morgan fingerprint density at radius 2 is 1.71 bits per heavy atom. The summed E-state index contributed by atoms with van der Waals surface area (Å²) < 4.78 is 11.3. The summed E-state index contributed by atoms with van der Waals surface area (Å²) >= 11 is 0. The fraction of sp³-hybridized carbons (Fsp3) is 0.444. The molecule has 1 saturated carbocycles. The summed E-state index contributed by atoms with van der Waals surface area (Å²) in [7, 11) is 0. The van der Waals surface area contributed by atoms with Gasteiger partial charge in [-0.1, -0.05) is 48.5 Å². The van der Waals surface area contributed by atoms with Gasteiger partial charge in [0.25, 0.3) is 5.91 Å². The molecule has 2 aliphatic carbocycles. The van der Waals surface area contributed by atoms with Gasteiger partial charge in [-0.05, 0) is 41.5 Å². The standard InChI is InChI=1S/C27H28N2O6/c30-24(29-13-21(25(31)32)27(15-29)10-11-27)23-22(9-12-34-23)28-26(33)35-14-20-18-7-3-1-5-16(18)17-6-2-4-8-19(17)20/h1-8,20-23H,9-15H2,(H,28,33)(H,31,32)/t21?,22-,23+/m0/s1. The molecule has 3 atom stereocenters. The third-order valence-electron chi connectivity index (χ3n) is 8.13. The minimum absolute atomic E-state index is 0.0438. The lowest BCUT2D eigenvalue weighted by Gasteiger charge is -2.25. The van der Waals surface area contributed by atoms with Crippen LogP contribution < -0.4 is 5.32 Å². The smallest absolute Gasteiger partial charge is 0.407 e. The molecule has 0 bridgehead atoms. The topological polar surface area (TPSA) is 105 Å². The van der Waals surface area contributed by atoms with Crippen LogP contribution in [-0.2, 0) is 19.1 Å². The first-order chi connectivity index (χ1) is 17.0. The highest BCUT2D eigenvalue weighted by molar-refractivity contribution is 5.85. The minimum atomic E-state index is -0.849. The number of ether oxygens (including phenoxy) is 2. The molecule has 0 radical (unpaired) electrons. The van der Waals surface area contributed by atoms with Crippen LogP contribution in [0.4, 0.5) is 4.79 Å². The third kappa shape index (κ3) is 3.76. The quantitative estimate of drug-likeness (QED) is 0.688. The van der Waals surface area contributed by atoms with Gasteiger partial charge in [0.15, 0.2) is 6.10 Å². The number of rotatable bonds is 5. The highest BCUT2D eigenvalue weighted by atomic mass is 16.6. The third-order valence-corrected chi connectivity index (χ3v) is 8.13. The molecule has 2 aliphatic heterocycles. The Morgan fingerprint density at radius 1 is 1.06 bits per heavy atom. The summed E-state index contributed by atoms with van der Waals surface area (Å²) in [4.78, 5) is 39.2. The van der Waals surface area contributed by atoms with Crippen molar-refractivity contribution in [3.63, 3.8) is 0 Å². The van der Waals surface area contributed by atoms with Gasteiger partial charge >= 0.3 is 12.1 Å². The number of nitrogens with zero attached hydrogens (tertiary/aromatic N) is 1. The molecule has 2 aromatic rings. The van der Waals surface area contributed by atoms with Crippen molar-refractivity contribution in [1.82, 2.24) is 10.2 Å². The summed E-state index contributed by atoms with van der Waals surface area (Å²) in [5, 5.41) is 12.4. The second-order valence-corrected chi connectivity index (χ2v) is 10.1. The molecule has 182 valence electrons. The van der Waals surface area contributed by atoms with Gasteiger partial charge < -0.3 is 24.8 Å². The molecule has 8 nitrogen and oxygen atoms in total. The molecule has 2 N–H and O–H groups in total. The zero-order chi connectivity index (χ0) is 24.2. The number of carbonyl (C=O) groups excluding carboxylic acids is 2. The lowest BCUT2D eigenvalue weighted by Crippen LogP contribution is -2.49. The summed E-state index contributed by atoms with van der Waals surface area (Å²) in [6.45, 7) is 1.19. The number of likely N-dealkylation sites (tertiary alicyclic amines) is 1. The predicted octanol–water partition coefficient (Wildman–Crippen LogP) is 3.01. The molecule has 2 saturated heterocycles. The predicted molar refractivity (Wildman–Crippen MR) is 126 cm³/mol. The Balaban J connectivity index is 1.09. The van der Waals surface area contributed by atoms with E-state index in [0.717, 1.165) is 35.1 Å². The number of hydrogen-bond acceptors (Lipinski definition) is 5. The van der Waals surface area contributed by atoms with Crippen LogP contribution >= 0.6 is 0 Å². The van der Waals surface area contributed by atoms with Gasteiger partial charge in [0, 0.05) is 31.0 Å². The van der Waals surface area contributed by atoms with E-state index in [1.54, 1.807) is 4.90 Å². The molecule has 35 heavy (non-hydrogen) atoms. The Bertz CT molecular complexity index is 1150. The lowest BCUT2D eigenvalue weighted by atomic mass is 9.93. The molecular formula is C27H28N2O6. The normalized spacial score (nSPS) is 25.8. The van der Waals surface area contributed by atoms with Crippen molar-refractivity contribution in [3.8, 4) is 11.1 Å². The van der Waals surface area contributed by atoms with Crippen LogP contribution in [0.1, 0.15) is 36.3 Å². The van der Waals surface area contributed by atoms with Crippen LogP contribution in [-0.4, -0.2) is 66.4 Å². The van der Waals surface area contributed by atoms with Gasteiger partial charge in [-0.15, -0.1) is 0 Å². The van der Waals surface area contributed by atoms with Crippen molar-refractivity contribution in [3.05, 3.63) is 59.7 Å². The van der Waals surface area contributed by atoms with Crippen molar-refractivity contribution in [2.75, 3.05) is 26.3 Å². The molecule has 3 fully saturated rings. The van der Waals surface area contributed by atoms with Crippen LogP contribution in [0.3, 0.4) is 0 Å². The number of benzene rings is 2. The number of nitrogens with one attached hydrogen (secondary N) is 1. The molecule has 1 spiro atoms. The maximum atomic E-state index is 13.2. The van der Waals surface area contributed by atoms with Gasteiger partial charge in [-0.2, -0.15) is 0 Å². The van der Waals surface area contributed by atoms with E-state index in [0.29, 0.717) is 19.6 Å². The van der Waals surface area contributed by atoms with E-state index in [4.69, 9.17) is 9.47 Å². The van der Waals surface area contributed by atoms with Gasteiger partial charge in [-0.3, -0.25) is 9.59 Å². The molecule has 0 aromatic heterocycles. The van der Waals surface area contributed by atoms with E-state index in [9.17, 15) is 19.5 Å². The number of hydrogen-bond donors (Lipinski definition) is 2. The number of carboxylic acid groups (broad SMARTS) is 1. The number of fused-ring (bicyclic) bond motifs is 3.